The molecule has 0 radical (unpaired) electrons. The molecule has 0 N–H and O–H groups in total. The lowest BCUT2D eigenvalue weighted by molar-refractivity contribution is 0.0462. The average Bonchev–Trinajstić information content (AvgIpc) is 3.09. The van der Waals surface area contributed by atoms with E-state index in [1.165, 1.54) is 11.1 Å². The number of aryl methyl sites for hydroxylation is 1. The van der Waals surface area contributed by atoms with Gasteiger partial charge in [0.2, 0.25) is 5.88 Å². The number of rotatable bonds is 4. The molecule has 2 heterocycles. The van der Waals surface area contributed by atoms with E-state index in [0.717, 1.165) is 24.8 Å². The molecule has 0 amide bonds. The van der Waals surface area contributed by atoms with E-state index in [9.17, 15) is 0 Å². The van der Waals surface area contributed by atoms with Gasteiger partial charge in [0, 0.05) is 37.2 Å². The predicted octanol–water partition coefficient (Wildman–Crippen LogP) is 3.43. The van der Waals surface area contributed by atoms with Crippen LogP contribution in [0.3, 0.4) is 0 Å². The van der Waals surface area contributed by atoms with E-state index in [2.05, 4.69) is 34.8 Å². The number of hydrogen-bond acceptors (Lipinski definition) is 4. The highest BCUT2D eigenvalue weighted by atomic mass is 16.5. The Morgan fingerprint density at radius 1 is 1.22 bits per heavy atom. The lowest BCUT2D eigenvalue weighted by atomic mass is 9.76. The number of hydrogen-bond donors (Lipinski definition) is 0. The molecule has 0 bridgehead atoms. The van der Waals surface area contributed by atoms with Crippen molar-refractivity contribution in [2.75, 3.05) is 14.2 Å². The summed E-state index contributed by atoms with van der Waals surface area (Å²) >= 11 is 0. The molecule has 3 atom stereocenters. The van der Waals surface area contributed by atoms with Crippen LogP contribution in [0.15, 0.2) is 24.7 Å². The average molecular weight is 315 g/mol. The van der Waals surface area contributed by atoms with Gasteiger partial charge in [-0.1, -0.05) is 0 Å². The zero-order valence-corrected chi connectivity index (χ0v) is 14.3. The second-order valence-corrected chi connectivity index (χ2v) is 6.32. The Morgan fingerprint density at radius 3 is 2.70 bits per heavy atom. The molecule has 0 saturated heterocycles. The molecular formula is C18H25N3O2. The maximum atomic E-state index is 5.67. The first-order chi connectivity index (χ1) is 11.2. The van der Waals surface area contributed by atoms with Gasteiger partial charge in [0.25, 0.3) is 0 Å². The van der Waals surface area contributed by atoms with Gasteiger partial charge < -0.3 is 9.47 Å². The smallest absolute Gasteiger partial charge is 0.216 e. The second-order valence-electron chi connectivity index (χ2n) is 6.32. The van der Waals surface area contributed by atoms with E-state index in [4.69, 9.17) is 9.47 Å². The Labute approximate surface area is 137 Å². The van der Waals surface area contributed by atoms with Gasteiger partial charge in [0.05, 0.1) is 19.3 Å². The fourth-order valence-electron chi connectivity index (χ4n) is 3.94. The number of aromatic nitrogens is 3. The zero-order chi connectivity index (χ0) is 16.4. The maximum absolute atomic E-state index is 5.67. The summed E-state index contributed by atoms with van der Waals surface area (Å²) in [6.07, 6.45) is 9.25. The topological polar surface area (TPSA) is 49.2 Å². The van der Waals surface area contributed by atoms with Gasteiger partial charge in [-0.3, -0.25) is 4.68 Å². The molecule has 23 heavy (non-hydrogen) atoms. The molecule has 3 unspecified atom stereocenters. The lowest BCUT2D eigenvalue weighted by Gasteiger charge is -2.37. The van der Waals surface area contributed by atoms with Crippen molar-refractivity contribution in [1.82, 2.24) is 14.8 Å². The van der Waals surface area contributed by atoms with Crippen LogP contribution in [0, 0.1) is 13.8 Å². The van der Waals surface area contributed by atoms with E-state index in [1.807, 2.05) is 25.6 Å². The van der Waals surface area contributed by atoms with Crippen molar-refractivity contribution in [2.45, 2.75) is 51.2 Å². The Morgan fingerprint density at radius 2 is 2.04 bits per heavy atom. The van der Waals surface area contributed by atoms with Crippen LogP contribution in [-0.4, -0.2) is 35.1 Å². The minimum Gasteiger partial charge on any atom is -0.481 e. The predicted molar refractivity (Wildman–Crippen MR) is 88.9 cm³/mol. The molecule has 1 aliphatic rings. The Hall–Kier alpha value is -1.88. The molecule has 0 aliphatic heterocycles. The first kappa shape index (κ1) is 16.0. The van der Waals surface area contributed by atoms with Crippen LogP contribution in [0.25, 0.3) is 0 Å². The summed E-state index contributed by atoms with van der Waals surface area (Å²) in [6, 6.07) is 2.34. The summed E-state index contributed by atoms with van der Waals surface area (Å²) in [5, 5.41) is 4.50. The van der Waals surface area contributed by atoms with Crippen LogP contribution in [0.5, 0.6) is 5.88 Å². The third-order valence-electron chi connectivity index (χ3n) is 5.05. The fourth-order valence-corrected chi connectivity index (χ4v) is 3.94. The van der Waals surface area contributed by atoms with Crippen molar-refractivity contribution >= 4 is 0 Å². The van der Waals surface area contributed by atoms with Crippen LogP contribution in [0.2, 0.25) is 0 Å². The molecule has 124 valence electrons. The molecule has 1 aliphatic carbocycles. The standard InChI is InChI=1S/C18H25N3O2/c1-12-11-19-18(23-4)13(2)17(12)15-10-14(22-3)6-7-16(15)21-9-5-8-20-21/h5,8-9,11,14-16H,6-7,10H2,1-4H3. The van der Waals surface area contributed by atoms with Crippen molar-refractivity contribution in [3.05, 3.63) is 41.3 Å². The van der Waals surface area contributed by atoms with Crippen molar-refractivity contribution in [2.24, 2.45) is 0 Å². The third-order valence-corrected chi connectivity index (χ3v) is 5.05. The normalized spacial score (nSPS) is 24.6. The number of pyridine rings is 1. The summed E-state index contributed by atoms with van der Waals surface area (Å²) in [5.41, 5.74) is 3.67. The number of methoxy groups -OCH3 is 2. The molecule has 3 rings (SSSR count). The van der Waals surface area contributed by atoms with E-state index in [-0.39, 0.29) is 0 Å². The van der Waals surface area contributed by atoms with Gasteiger partial charge >= 0.3 is 0 Å². The molecule has 5 heteroatoms. The van der Waals surface area contributed by atoms with Crippen molar-refractivity contribution in [3.63, 3.8) is 0 Å². The van der Waals surface area contributed by atoms with Gasteiger partial charge in [0.15, 0.2) is 0 Å². The molecular weight excluding hydrogens is 290 g/mol. The third kappa shape index (κ3) is 2.98. The van der Waals surface area contributed by atoms with Crippen LogP contribution in [-0.2, 0) is 4.74 Å². The monoisotopic (exact) mass is 315 g/mol. The van der Waals surface area contributed by atoms with E-state index < -0.39 is 0 Å². The van der Waals surface area contributed by atoms with Crippen molar-refractivity contribution in [3.8, 4) is 5.88 Å². The molecule has 1 saturated carbocycles. The van der Waals surface area contributed by atoms with Gasteiger partial charge in [-0.25, -0.2) is 4.98 Å². The van der Waals surface area contributed by atoms with Crippen LogP contribution in [0.4, 0.5) is 0 Å². The molecule has 5 nitrogen and oxygen atoms in total. The molecule has 0 spiro atoms. The quantitative estimate of drug-likeness (QED) is 0.867. The number of ether oxygens (including phenoxy) is 2. The second kappa shape index (κ2) is 6.71. The van der Waals surface area contributed by atoms with E-state index in [0.29, 0.717) is 23.9 Å². The first-order valence-electron chi connectivity index (χ1n) is 8.17. The fraction of sp³-hybridized carbons (Fsp3) is 0.556. The highest BCUT2D eigenvalue weighted by molar-refractivity contribution is 5.41. The molecule has 1 fully saturated rings. The summed E-state index contributed by atoms with van der Waals surface area (Å²) in [6.45, 7) is 4.23. The van der Waals surface area contributed by atoms with Gasteiger partial charge in [-0.15, -0.1) is 0 Å². The highest BCUT2D eigenvalue weighted by Gasteiger charge is 2.35. The van der Waals surface area contributed by atoms with Crippen molar-refractivity contribution < 1.29 is 9.47 Å². The highest BCUT2D eigenvalue weighted by Crippen LogP contribution is 2.44. The SMILES string of the molecule is COc1ncc(C)c(C2CC(OC)CCC2n2cccn2)c1C. The largest absolute Gasteiger partial charge is 0.481 e. The van der Waals surface area contributed by atoms with Gasteiger partial charge in [-0.05, 0) is 50.3 Å². The lowest BCUT2D eigenvalue weighted by Crippen LogP contribution is -2.31. The minimum absolute atomic E-state index is 0.296. The van der Waals surface area contributed by atoms with Crippen LogP contribution in [0.1, 0.15) is 47.9 Å². The van der Waals surface area contributed by atoms with Crippen LogP contribution < -0.4 is 4.74 Å². The molecule has 2 aromatic rings. The summed E-state index contributed by atoms with van der Waals surface area (Å²) in [5.74, 6) is 1.06. The Balaban J connectivity index is 2.05. The van der Waals surface area contributed by atoms with Gasteiger partial charge in [0.1, 0.15) is 0 Å². The molecule has 0 aromatic carbocycles. The Bertz CT molecular complexity index is 655. The van der Waals surface area contributed by atoms with Crippen molar-refractivity contribution in [1.29, 1.82) is 0 Å². The van der Waals surface area contributed by atoms with Gasteiger partial charge in [-0.2, -0.15) is 5.10 Å². The van der Waals surface area contributed by atoms with E-state index >= 15 is 0 Å². The Kier molecular flexibility index (Phi) is 4.66. The maximum Gasteiger partial charge on any atom is 0.216 e. The zero-order valence-electron chi connectivity index (χ0n) is 14.3. The minimum atomic E-state index is 0.296. The number of nitrogens with zero attached hydrogens (tertiary/aromatic N) is 3. The summed E-state index contributed by atoms with van der Waals surface area (Å²) < 4.78 is 13.2. The summed E-state index contributed by atoms with van der Waals surface area (Å²) in [7, 11) is 3.49. The van der Waals surface area contributed by atoms with E-state index in [1.54, 1.807) is 7.11 Å². The summed E-state index contributed by atoms with van der Waals surface area (Å²) in [4.78, 5) is 4.40. The van der Waals surface area contributed by atoms with Crippen LogP contribution >= 0.6 is 0 Å². The molecule has 2 aromatic heterocycles. The first-order valence-corrected chi connectivity index (χ1v) is 8.17.